The summed E-state index contributed by atoms with van der Waals surface area (Å²) in [4.78, 5) is 11.0. The van der Waals surface area contributed by atoms with Gasteiger partial charge in [-0.1, -0.05) is 6.92 Å². The number of anilines is 2. The molecule has 0 saturated heterocycles. The van der Waals surface area contributed by atoms with Gasteiger partial charge in [-0.05, 0) is 27.2 Å². The van der Waals surface area contributed by atoms with Crippen LogP contribution in [0.3, 0.4) is 0 Å². The van der Waals surface area contributed by atoms with Crippen LogP contribution in [0, 0.1) is 18.3 Å². The Morgan fingerprint density at radius 1 is 1.47 bits per heavy atom. The second-order valence-corrected chi connectivity index (χ2v) is 4.82. The summed E-state index contributed by atoms with van der Waals surface area (Å²) >= 11 is 0. The second kappa shape index (κ2) is 7.57. The molecule has 0 saturated carbocycles. The first-order valence-electron chi connectivity index (χ1n) is 6.81. The van der Waals surface area contributed by atoms with Gasteiger partial charge in [0, 0.05) is 30.9 Å². The molecule has 5 heteroatoms. The third-order valence-corrected chi connectivity index (χ3v) is 2.84. The Labute approximate surface area is 115 Å². The predicted octanol–water partition coefficient (Wildman–Crippen LogP) is 2.74. The van der Waals surface area contributed by atoms with Crippen molar-refractivity contribution < 1.29 is 0 Å². The highest BCUT2D eigenvalue weighted by Gasteiger charge is 2.15. The zero-order chi connectivity index (χ0) is 14.3. The molecule has 1 aromatic rings. The van der Waals surface area contributed by atoms with E-state index in [-0.39, 0.29) is 0 Å². The van der Waals surface area contributed by atoms with Crippen LogP contribution in [0.25, 0.3) is 0 Å². The van der Waals surface area contributed by atoms with E-state index in [4.69, 9.17) is 5.26 Å². The first-order valence-corrected chi connectivity index (χ1v) is 6.81. The van der Waals surface area contributed by atoms with Crippen molar-refractivity contribution >= 4 is 11.8 Å². The molecule has 1 heterocycles. The summed E-state index contributed by atoms with van der Waals surface area (Å²) in [7, 11) is 0. The van der Waals surface area contributed by atoms with Crippen molar-refractivity contribution in [2.24, 2.45) is 0 Å². The molecule has 0 unspecified atom stereocenters. The summed E-state index contributed by atoms with van der Waals surface area (Å²) < 4.78 is 0. The van der Waals surface area contributed by atoms with Gasteiger partial charge in [0.05, 0.1) is 12.5 Å². The summed E-state index contributed by atoms with van der Waals surface area (Å²) in [6, 6.07) is 2.50. The van der Waals surface area contributed by atoms with Crippen molar-refractivity contribution in [1.82, 2.24) is 9.97 Å². The maximum atomic E-state index is 8.76. The first kappa shape index (κ1) is 15.2. The van der Waals surface area contributed by atoms with Gasteiger partial charge in [-0.15, -0.1) is 0 Å². The molecule has 1 N–H and O–H groups in total. The normalized spacial score (nSPS) is 10.3. The Kier molecular flexibility index (Phi) is 6.07. The standard InChI is InChI=1S/C14H23N5/c1-5-8-16-14-17-10-12(4)13(18-14)19(11(2)3)9-6-7-15/h10-11H,5-6,8-9H2,1-4H3,(H,16,17,18). The van der Waals surface area contributed by atoms with Crippen molar-refractivity contribution in [2.45, 2.75) is 46.6 Å². The number of nitrogens with zero attached hydrogens (tertiary/aromatic N) is 4. The third-order valence-electron chi connectivity index (χ3n) is 2.84. The maximum Gasteiger partial charge on any atom is 0.224 e. The molecule has 19 heavy (non-hydrogen) atoms. The van der Waals surface area contributed by atoms with E-state index in [1.54, 1.807) is 0 Å². The summed E-state index contributed by atoms with van der Waals surface area (Å²) in [6.07, 6.45) is 3.37. The van der Waals surface area contributed by atoms with Crippen molar-refractivity contribution in [2.75, 3.05) is 23.3 Å². The largest absolute Gasteiger partial charge is 0.354 e. The topological polar surface area (TPSA) is 64.8 Å². The lowest BCUT2D eigenvalue weighted by atomic mass is 10.2. The van der Waals surface area contributed by atoms with Crippen molar-refractivity contribution in [1.29, 1.82) is 5.26 Å². The van der Waals surface area contributed by atoms with E-state index in [1.165, 1.54) is 0 Å². The van der Waals surface area contributed by atoms with Crippen molar-refractivity contribution in [3.8, 4) is 6.07 Å². The Morgan fingerprint density at radius 2 is 2.21 bits per heavy atom. The van der Waals surface area contributed by atoms with Gasteiger partial charge < -0.3 is 10.2 Å². The number of hydrogen-bond acceptors (Lipinski definition) is 5. The Balaban J connectivity index is 2.97. The molecule has 0 bridgehead atoms. The fourth-order valence-electron chi connectivity index (χ4n) is 1.82. The summed E-state index contributed by atoms with van der Waals surface area (Å²) in [6.45, 7) is 9.88. The highest BCUT2D eigenvalue weighted by atomic mass is 15.2. The Hall–Kier alpha value is -1.83. The molecule has 0 atom stereocenters. The van der Waals surface area contributed by atoms with Gasteiger partial charge in [0.1, 0.15) is 5.82 Å². The fraction of sp³-hybridized carbons (Fsp3) is 0.643. The molecule has 5 nitrogen and oxygen atoms in total. The lowest BCUT2D eigenvalue weighted by molar-refractivity contribution is 0.673. The van der Waals surface area contributed by atoms with Crippen LogP contribution in [0.1, 0.15) is 39.2 Å². The first-order chi connectivity index (χ1) is 9.10. The fourth-order valence-corrected chi connectivity index (χ4v) is 1.82. The average molecular weight is 261 g/mol. The number of rotatable bonds is 7. The minimum atomic E-state index is 0.306. The van der Waals surface area contributed by atoms with E-state index in [2.05, 4.69) is 47.0 Å². The Bertz CT molecular complexity index is 436. The van der Waals surface area contributed by atoms with E-state index in [1.807, 2.05) is 13.1 Å². The van der Waals surface area contributed by atoms with Gasteiger partial charge in [0.15, 0.2) is 0 Å². The number of aromatic nitrogens is 2. The van der Waals surface area contributed by atoms with Crippen LogP contribution in [0.5, 0.6) is 0 Å². The van der Waals surface area contributed by atoms with Crippen LogP contribution in [-0.4, -0.2) is 29.1 Å². The van der Waals surface area contributed by atoms with Crippen LogP contribution >= 0.6 is 0 Å². The van der Waals surface area contributed by atoms with Crippen LogP contribution in [0.4, 0.5) is 11.8 Å². The zero-order valence-electron chi connectivity index (χ0n) is 12.3. The molecule has 0 aliphatic rings. The molecule has 0 aliphatic heterocycles. The number of nitrogens with one attached hydrogen (secondary N) is 1. The molecule has 0 amide bonds. The number of nitriles is 1. The van der Waals surface area contributed by atoms with Gasteiger partial charge in [-0.3, -0.25) is 0 Å². The minimum Gasteiger partial charge on any atom is -0.354 e. The van der Waals surface area contributed by atoms with Crippen LogP contribution in [0.2, 0.25) is 0 Å². The smallest absolute Gasteiger partial charge is 0.224 e. The van der Waals surface area contributed by atoms with Crippen LogP contribution in [-0.2, 0) is 0 Å². The van der Waals surface area contributed by atoms with E-state index < -0.39 is 0 Å². The average Bonchev–Trinajstić information content (AvgIpc) is 2.39. The van der Waals surface area contributed by atoms with Gasteiger partial charge >= 0.3 is 0 Å². The minimum absolute atomic E-state index is 0.306. The molecular formula is C14H23N5. The summed E-state index contributed by atoms with van der Waals surface area (Å²) in [5.41, 5.74) is 1.04. The van der Waals surface area contributed by atoms with Crippen molar-refractivity contribution in [3.05, 3.63) is 11.8 Å². The number of hydrogen-bond donors (Lipinski definition) is 1. The number of aryl methyl sites for hydroxylation is 1. The predicted molar refractivity (Wildman–Crippen MR) is 78.3 cm³/mol. The van der Waals surface area contributed by atoms with Crippen molar-refractivity contribution in [3.63, 3.8) is 0 Å². The van der Waals surface area contributed by atoms with Gasteiger partial charge in [0.2, 0.25) is 5.95 Å². The Morgan fingerprint density at radius 3 is 2.79 bits per heavy atom. The monoisotopic (exact) mass is 261 g/mol. The van der Waals surface area contributed by atoms with Gasteiger partial charge in [-0.2, -0.15) is 10.2 Å². The molecule has 0 aromatic carbocycles. The third kappa shape index (κ3) is 4.40. The molecule has 104 valence electrons. The lowest BCUT2D eigenvalue weighted by Gasteiger charge is -2.28. The van der Waals surface area contributed by atoms with E-state index >= 15 is 0 Å². The maximum absolute atomic E-state index is 8.76. The highest BCUT2D eigenvalue weighted by Crippen LogP contribution is 2.20. The molecular weight excluding hydrogens is 238 g/mol. The molecule has 1 aromatic heterocycles. The van der Waals surface area contributed by atoms with E-state index in [0.29, 0.717) is 25.0 Å². The molecule has 0 fully saturated rings. The van der Waals surface area contributed by atoms with E-state index in [9.17, 15) is 0 Å². The van der Waals surface area contributed by atoms with E-state index in [0.717, 1.165) is 24.3 Å². The second-order valence-electron chi connectivity index (χ2n) is 4.82. The quantitative estimate of drug-likeness (QED) is 0.817. The van der Waals surface area contributed by atoms with Gasteiger partial charge in [0.25, 0.3) is 0 Å². The van der Waals surface area contributed by atoms with Gasteiger partial charge in [-0.25, -0.2) is 4.98 Å². The van der Waals surface area contributed by atoms with Crippen LogP contribution < -0.4 is 10.2 Å². The molecule has 1 rings (SSSR count). The zero-order valence-corrected chi connectivity index (χ0v) is 12.3. The molecule has 0 aliphatic carbocycles. The summed E-state index contributed by atoms with van der Waals surface area (Å²) in [5.74, 6) is 1.57. The molecule has 0 radical (unpaired) electrons. The summed E-state index contributed by atoms with van der Waals surface area (Å²) in [5, 5.41) is 12.0. The molecule has 0 spiro atoms. The highest BCUT2D eigenvalue weighted by molar-refractivity contribution is 5.49. The van der Waals surface area contributed by atoms with Crippen LogP contribution in [0.15, 0.2) is 6.20 Å². The lowest BCUT2D eigenvalue weighted by Crippen LogP contribution is -2.33. The SMILES string of the molecule is CCCNc1ncc(C)c(N(CCC#N)C(C)C)n1.